The summed E-state index contributed by atoms with van der Waals surface area (Å²) in [5.41, 5.74) is 1.95. The van der Waals surface area contributed by atoms with Crippen molar-refractivity contribution in [3.63, 3.8) is 0 Å². The van der Waals surface area contributed by atoms with Crippen LogP contribution in [0.4, 0.5) is 20.2 Å². The second-order valence-corrected chi connectivity index (χ2v) is 7.91. The first-order valence-corrected chi connectivity index (χ1v) is 9.73. The standard InChI is InChI=1S/C18H20F2N2O3S/c1-12-7-8-14(11-13(12)2)21-17(23)9-10-22(26(3,24)25)18-15(19)5-4-6-16(18)20/h4-8,11H,9-10H2,1-3H3,(H,21,23). The van der Waals surface area contributed by atoms with Crippen molar-refractivity contribution >= 4 is 27.3 Å². The lowest BCUT2D eigenvalue weighted by molar-refractivity contribution is -0.116. The highest BCUT2D eigenvalue weighted by atomic mass is 32.2. The van der Waals surface area contributed by atoms with E-state index in [0.717, 1.165) is 35.6 Å². The molecule has 140 valence electrons. The molecule has 0 aromatic heterocycles. The molecule has 0 saturated heterocycles. The van der Waals surface area contributed by atoms with Crippen molar-refractivity contribution in [1.82, 2.24) is 0 Å². The van der Waals surface area contributed by atoms with E-state index in [1.165, 1.54) is 0 Å². The molecule has 1 N–H and O–H groups in total. The third-order valence-corrected chi connectivity index (χ3v) is 5.09. The number of para-hydroxylation sites is 1. The van der Waals surface area contributed by atoms with Crippen molar-refractivity contribution < 1.29 is 22.0 Å². The van der Waals surface area contributed by atoms with Crippen LogP contribution in [0.5, 0.6) is 0 Å². The Morgan fingerprint density at radius 1 is 1.08 bits per heavy atom. The largest absolute Gasteiger partial charge is 0.326 e. The zero-order valence-corrected chi connectivity index (χ0v) is 15.5. The van der Waals surface area contributed by atoms with Crippen LogP contribution >= 0.6 is 0 Å². The summed E-state index contributed by atoms with van der Waals surface area (Å²) in [4.78, 5) is 12.1. The van der Waals surface area contributed by atoms with Gasteiger partial charge in [0.25, 0.3) is 0 Å². The summed E-state index contributed by atoms with van der Waals surface area (Å²) in [5.74, 6) is -2.48. The fraction of sp³-hybridized carbons (Fsp3) is 0.278. The number of amides is 1. The fourth-order valence-corrected chi connectivity index (χ4v) is 3.35. The van der Waals surface area contributed by atoms with Gasteiger partial charge in [-0.05, 0) is 49.2 Å². The van der Waals surface area contributed by atoms with E-state index in [-0.39, 0.29) is 13.0 Å². The van der Waals surface area contributed by atoms with Crippen molar-refractivity contribution in [2.45, 2.75) is 20.3 Å². The SMILES string of the molecule is Cc1ccc(NC(=O)CCN(c2c(F)cccc2F)S(C)(=O)=O)cc1C. The Bertz CT molecular complexity index is 910. The Morgan fingerprint density at radius 2 is 1.69 bits per heavy atom. The van der Waals surface area contributed by atoms with E-state index >= 15 is 0 Å². The van der Waals surface area contributed by atoms with Crippen LogP contribution in [0, 0.1) is 25.5 Å². The molecule has 26 heavy (non-hydrogen) atoms. The number of carbonyl (C=O) groups excluding carboxylic acids is 1. The van der Waals surface area contributed by atoms with E-state index < -0.39 is 33.3 Å². The van der Waals surface area contributed by atoms with Gasteiger partial charge in [-0.25, -0.2) is 17.2 Å². The summed E-state index contributed by atoms with van der Waals surface area (Å²) in [5, 5.41) is 2.65. The van der Waals surface area contributed by atoms with E-state index in [9.17, 15) is 22.0 Å². The minimum Gasteiger partial charge on any atom is -0.326 e. The van der Waals surface area contributed by atoms with E-state index in [4.69, 9.17) is 0 Å². The predicted octanol–water partition coefficient (Wildman–Crippen LogP) is 3.38. The van der Waals surface area contributed by atoms with E-state index in [0.29, 0.717) is 9.99 Å². The Kier molecular flexibility index (Phi) is 5.97. The number of hydrogen-bond donors (Lipinski definition) is 1. The smallest absolute Gasteiger partial charge is 0.232 e. The number of benzene rings is 2. The second kappa shape index (κ2) is 7.82. The van der Waals surface area contributed by atoms with Crippen molar-refractivity contribution in [3.8, 4) is 0 Å². The third kappa shape index (κ3) is 4.78. The first-order chi connectivity index (χ1) is 12.1. The van der Waals surface area contributed by atoms with Crippen molar-refractivity contribution in [2.75, 3.05) is 22.4 Å². The van der Waals surface area contributed by atoms with Crippen LogP contribution in [-0.4, -0.2) is 27.1 Å². The topological polar surface area (TPSA) is 66.5 Å². The average Bonchev–Trinajstić information content (AvgIpc) is 2.52. The minimum atomic E-state index is -3.97. The van der Waals surface area contributed by atoms with Gasteiger partial charge in [-0.3, -0.25) is 9.10 Å². The van der Waals surface area contributed by atoms with Crippen molar-refractivity contribution in [2.24, 2.45) is 0 Å². The highest BCUT2D eigenvalue weighted by Crippen LogP contribution is 2.25. The highest BCUT2D eigenvalue weighted by Gasteiger charge is 2.25. The molecule has 0 bridgehead atoms. The maximum absolute atomic E-state index is 13.9. The molecule has 2 rings (SSSR count). The fourth-order valence-electron chi connectivity index (χ4n) is 2.42. The summed E-state index contributed by atoms with van der Waals surface area (Å²) in [7, 11) is -3.97. The molecule has 0 aliphatic heterocycles. The maximum atomic E-state index is 13.9. The number of nitrogens with one attached hydrogen (secondary N) is 1. The summed E-state index contributed by atoms with van der Waals surface area (Å²) in [6.45, 7) is 3.46. The molecule has 0 unspecified atom stereocenters. The summed E-state index contributed by atoms with van der Waals surface area (Å²) >= 11 is 0. The lowest BCUT2D eigenvalue weighted by atomic mass is 10.1. The van der Waals surface area contributed by atoms with Crippen molar-refractivity contribution in [3.05, 3.63) is 59.2 Å². The van der Waals surface area contributed by atoms with Gasteiger partial charge in [0, 0.05) is 18.7 Å². The number of hydrogen-bond acceptors (Lipinski definition) is 3. The molecule has 0 aliphatic carbocycles. The number of rotatable bonds is 6. The molecule has 0 fully saturated rings. The van der Waals surface area contributed by atoms with Gasteiger partial charge >= 0.3 is 0 Å². The Hall–Kier alpha value is -2.48. The van der Waals surface area contributed by atoms with Crippen LogP contribution in [0.1, 0.15) is 17.5 Å². The molecule has 1 amide bonds. The van der Waals surface area contributed by atoms with Crippen LogP contribution in [0.25, 0.3) is 0 Å². The number of sulfonamides is 1. The van der Waals surface area contributed by atoms with Gasteiger partial charge in [0.2, 0.25) is 15.9 Å². The van der Waals surface area contributed by atoms with Gasteiger partial charge in [0.1, 0.15) is 5.69 Å². The monoisotopic (exact) mass is 382 g/mol. The number of nitrogens with zero attached hydrogens (tertiary/aromatic N) is 1. The number of carbonyl (C=O) groups is 1. The summed E-state index contributed by atoms with van der Waals surface area (Å²) < 4.78 is 52.3. The molecule has 2 aromatic carbocycles. The molecule has 5 nitrogen and oxygen atoms in total. The highest BCUT2D eigenvalue weighted by molar-refractivity contribution is 7.92. The molecule has 0 aliphatic rings. The molecule has 0 atom stereocenters. The Morgan fingerprint density at radius 3 is 2.23 bits per heavy atom. The van der Waals surface area contributed by atoms with Crippen molar-refractivity contribution in [1.29, 1.82) is 0 Å². The quantitative estimate of drug-likeness (QED) is 0.833. The Balaban J connectivity index is 2.15. The van der Waals surface area contributed by atoms with Crippen LogP contribution < -0.4 is 9.62 Å². The molecule has 0 heterocycles. The first-order valence-electron chi connectivity index (χ1n) is 7.88. The number of anilines is 2. The van der Waals surface area contributed by atoms with Crippen LogP contribution in [0.3, 0.4) is 0 Å². The van der Waals surface area contributed by atoms with Gasteiger partial charge in [0.15, 0.2) is 11.6 Å². The Labute approximate surface area is 151 Å². The van der Waals surface area contributed by atoms with E-state index in [1.54, 1.807) is 12.1 Å². The summed E-state index contributed by atoms with van der Waals surface area (Å²) in [6, 6.07) is 8.43. The lowest BCUT2D eigenvalue weighted by Gasteiger charge is -2.23. The summed E-state index contributed by atoms with van der Waals surface area (Å²) in [6.07, 6.45) is 0.577. The minimum absolute atomic E-state index is 0.256. The second-order valence-electron chi connectivity index (χ2n) is 6.00. The van der Waals surface area contributed by atoms with Gasteiger partial charge in [-0.2, -0.15) is 0 Å². The number of halogens is 2. The van der Waals surface area contributed by atoms with Crippen LogP contribution in [0.15, 0.2) is 36.4 Å². The molecule has 0 radical (unpaired) electrons. The number of aryl methyl sites for hydroxylation is 2. The molecule has 2 aromatic rings. The van der Waals surface area contributed by atoms with Gasteiger partial charge in [-0.15, -0.1) is 0 Å². The van der Waals surface area contributed by atoms with Gasteiger partial charge in [-0.1, -0.05) is 12.1 Å². The van der Waals surface area contributed by atoms with E-state index in [1.807, 2.05) is 19.9 Å². The zero-order chi connectivity index (χ0) is 19.5. The normalized spacial score (nSPS) is 11.3. The maximum Gasteiger partial charge on any atom is 0.232 e. The molecule has 0 spiro atoms. The third-order valence-electron chi connectivity index (χ3n) is 3.92. The molecule has 0 saturated carbocycles. The zero-order valence-electron chi connectivity index (χ0n) is 14.7. The molecular weight excluding hydrogens is 362 g/mol. The van der Waals surface area contributed by atoms with Crippen LogP contribution in [0.2, 0.25) is 0 Å². The lowest BCUT2D eigenvalue weighted by Crippen LogP contribution is -2.34. The predicted molar refractivity (Wildman–Crippen MR) is 97.7 cm³/mol. The molecule has 8 heteroatoms. The van der Waals surface area contributed by atoms with Crippen LogP contribution in [-0.2, 0) is 14.8 Å². The van der Waals surface area contributed by atoms with E-state index in [2.05, 4.69) is 5.32 Å². The molecular formula is C18H20F2N2O3S. The van der Waals surface area contributed by atoms with Gasteiger partial charge in [0.05, 0.1) is 6.26 Å². The average molecular weight is 382 g/mol. The van der Waals surface area contributed by atoms with Gasteiger partial charge < -0.3 is 5.32 Å². The first kappa shape index (κ1) is 19.8.